The smallest absolute Gasteiger partial charge is 0.383 e. The van der Waals surface area contributed by atoms with Crippen molar-refractivity contribution < 1.29 is 18.0 Å². The summed E-state index contributed by atoms with van der Waals surface area (Å²) in [6.45, 7) is 9.05. The van der Waals surface area contributed by atoms with Crippen molar-refractivity contribution in [2.45, 2.75) is 33.5 Å². The number of rotatable bonds is 4. The number of nitrogens with two attached hydrogens (primary N) is 1. The largest absolute Gasteiger partial charge is 0.416 e. The number of alkyl halides is 3. The van der Waals surface area contributed by atoms with Crippen LogP contribution in [0.5, 0.6) is 0 Å². The average Bonchev–Trinajstić information content (AvgIpc) is 2.99. The lowest BCUT2D eigenvalue weighted by atomic mass is 10.0. The molecule has 0 atom stereocenters. The van der Waals surface area contributed by atoms with E-state index in [1.54, 1.807) is 36.5 Å². The predicted molar refractivity (Wildman–Crippen MR) is 172 cm³/mol. The second kappa shape index (κ2) is 14.1. The molecule has 0 saturated carbocycles. The Morgan fingerprint density at radius 2 is 1.75 bits per heavy atom. The van der Waals surface area contributed by atoms with Crippen molar-refractivity contribution in [3.05, 3.63) is 99.2 Å². The molecule has 0 unspecified atom stereocenters. The van der Waals surface area contributed by atoms with E-state index in [4.69, 9.17) is 17.3 Å². The molecule has 1 amide bonds. The fraction of sp³-hybridized carbons (Fsp3) is 0.294. The third kappa shape index (κ3) is 7.88. The van der Waals surface area contributed by atoms with Gasteiger partial charge in [-0.15, -0.1) is 0 Å². The number of anilines is 2. The van der Waals surface area contributed by atoms with E-state index < -0.39 is 17.6 Å². The number of aromatic nitrogens is 1. The number of pyridine rings is 1. The lowest BCUT2D eigenvalue weighted by Crippen LogP contribution is -2.44. The maximum atomic E-state index is 14.0. The van der Waals surface area contributed by atoms with Gasteiger partial charge in [0, 0.05) is 71.5 Å². The maximum Gasteiger partial charge on any atom is 0.416 e. The molecule has 3 aromatic carbocycles. The summed E-state index contributed by atoms with van der Waals surface area (Å²) < 4.78 is 42.0. The zero-order valence-corrected chi connectivity index (χ0v) is 25.9. The molecule has 0 bridgehead atoms. The number of halogens is 4. The first kappa shape index (κ1) is 32.8. The highest BCUT2D eigenvalue weighted by molar-refractivity contribution is 6.31. The Hall–Kier alpha value is -4.10. The van der Waals surface area contributed by atoms with Gasteiger partial charge in [-0.3, -0.25) is 9.69 Å². The Bertz CT molecular complexity index is 1720. The van der Waals surface area contributed by atoms with Crippen LogP contribution in [0, 0.1) is 18.8 Å². The van der Waals surface area contributed by atoms with Gasteiger partial charge < -0.3 is 16.0 Å². The topological polar surface area (TPSA) is 74.5 Å². The minimum absolute atomic E-state index is 0.0640. The normalized spacial score (nSPS) is 13.9. The Labute approximate surface area is 261 Å². The van der Waals surface area contributed by atoms with Gasteiger partial charge in [0.2, 0.25) is 0 Å². The van der Waals surface area contributed by atoms with E-state index >= 15 is 0 Å². The van der Waals surface area contributed by atoms with E-state index in [1.807, 2.05) is 38.8 Å². The molecule has 4 aromatic rings. The van der Waals surface area contributed by atoms with Crippen molar-refractivity contribution in [3.8, 4) is 11.8 Å². The summed E-state index contributed by atoms with van der Waals surface area (Å²) in [7, 11) is 1.99. The first-order chi connectivity index (χ1) is 21.0. The average molecular weight is 622 g/mol. The van der Waals surface area contributed by atoms with Crippen LogP contribution in [0.15, 0.2) is 60.8 Å². The van der Waals surface area contributed by atoms with Crippen LogP contribution in [0.25, 0.3) is 10.8 Å². The Morgan fingerprint density at radius 3 is 2.45 bits per heavy atom. The van der Waals surface area contributed by atoms with Crippen LogP contribution < -0.4 is 11.1 Å². The van der Waals surface area contributed by atoms with E-state index in [-0.39, 0.29) is 29.2 Å². The van der Waals surface area contributed by atoms with Gasteiger partial charge in [0.25, 0.3) is 5.91 Å². The van der Waals surface area contributed by atoms with Crippen LogP contribution >= 0.6 is 11.6 Å². The van der Waals surface area contributed by atoms with E-state index in [2.05, 4.69) is 27.0 Å². The molecule has 2 heterocycles. The SMILES string of the molecule is CC.Cc1ccc(C(=O)Nc2ccc(CN3CCN(C)CC3)c(C(F)(F)F)c2)cc1C#Cc1c(N)ncc2ccc(Cl)cc12. The zero-order chi connectivity index (χ0) is 32.0. The minimum atomic E-state index is -4.56. The van der Waals surface area contributed by atoms with Gasteiger partial charge in [0.05, 0.1) is 11.1 Å². The van der Waals surface area contributed by atoms with Crippen molar-refractivity contribution in [2.75, 3.05) is 44.3 Å². The summed E-state index contributed by atoms with van der Waals surface area (Å²) in [5, 5.41) is 4.73. The highest BCUT2D eigenvalue weighted by Crippen LogP contribution is 2.35. The molecule has 0 aliphatic carbocycles. The highest BCUT2D eigenvalue weighted by Gasteiger charge is 2.34. The summed E-state index contributed by atoms with van der Waals surface area (Å²) >= 11 is 6.18. The maximum absolute atomic E-state index is 14.0. The predicted octanol–water partition coefficient (Wildman–Crippen LogP) is 7.22. The third-order valence-electron chi connectivity index (χ3n) is 7.37. The number of piperazine rings is 1. The van der Waals surface area contributed by atoms with Crippen LogP contribution in [0.2, 0.25) is 5.02 Å². The highest BCUT2D eigenvalue weighted by atomic mass is 35.5. The van der Waals surface area contributed by atoms with Gasteiger partial charge in [0.1, 0.15) is 5.82 Å². The number of hydrogen-bond donors (Lipinski definition) is 2. The van der Waals surface area contributed by atoms with E-state index in [0.29, 0.717) is 29.2 Å². The van der Waals surface area contributed by atoms with Crippen LogP contribution in [-0.4, -0.2) is 53.9 Å². The zero-order valence-electron chi connectivity index (χ0n) is 25.1. The second-order valence-electron chi connectivity index (χ2n) is 10.4. The number of nitrogen functional groups attached to an aromatic ring is 1. The number of carbonyl (C=O) groups is 1. The van der Waals surface area contributed by atoms with Gasteiger partial charge in [0.15, 0.2) is 0 Å². The molecule has 5 rings (SSSR count). The first-order valence-electron chi connectivity index (χ1n) is 14.4. The quantitative estimate of drug-likeness (QED) is 0.235. The first-order valence-corrected chi connectivity index (χ1v) is 14.7. The molecule has 3 N–H and O–H groups in total. The van der Waals surface area contributed by atoms with Crippen molar-refractivity contribution in [1.82, 2.24) is 14.8 Å². The molecule has 6 nitrogen and oxygen atoms in total. The fourth-order valence-corrected chi connectivity index (χ4v) is 5.04. The molecule has 1 saturated heterocycles. The molecule has 230 valence electrons. The minimum Gasteiger partial charge on any atom is -0.383 e. The summed E-state index contributed by atoms with van der Waals surface area (Å²) in [5.41, 5.74) is 7.76. The number of nitrogens with one attached hydrogen (secondary N) is 1. The summed E-state index contributed by atoms with van der Waals surface area (Å²) in [6.07, 6.45) is -2.91. The molecule has 1 aliphatic rings. The summed E-state index contributed by atoms with van der Waals surface area (Å²) in [5.74, 6) is 5.84. The van der Waals surface area contributed by atoms with Crippen molar-refractivity contribution >= 4 is 39.8 Å². The standard InChI is InChI=1S/C32H29ClF3N5O.C2H6/c1-20-3-4-22(15-21(20)7-10-27-28-16-25(33)8-5-23(28)18-38-30(27)37)31(42)39-26-9-6-24(29(17-26)32(34,35)36)19-41-13-11-40(2)12-14-41;1-2/h3-6,8-9,15-18H,11-14,19H2,1-2H3,(H2,37,38)(H,39,42);1-2H3. The molecule has 0 spiro atoms. The van der Waals surface area contributed by atoms with Gasteiger partial charge in [-0.05, 0) is 61.5 Å². The molecule has 10 heteroatoms. The number of carbonyl (C=O) groups excluding carboxylic acids is 1. The lowest BCUT2D eigenvalue weighted by Gasteiger charge is -2.33. The Morgan fingerprint density at radius 1 is 1.02 bits per heavy atom. The molecule has 0 radical (unpaired) electrons. The number of amides is 1. The van der Waals surface area contributed by atoms with E-state index in [9.17, 15) is 18.0 Å². The van der Waals surface area contributed by atoms with Gasteiger partial charge >= 0.3 is 6.18 Å². The van der Waals surface area contributed by atoms with Crippen molar-refractivity contribution in [1.29, 1.82) is 0 Å². The lowest BCUT2D eigenvalue weighted by molar-refractivity contribution is -0.138. The Balaban J connectivity index is 0.00000216. The van der Waals surface area contributed by atoms with Crippen LogP contribution in [0.1, 0.15) is 52.0 Å². The number of nitrogens with zero attached hydrogens (tertiary/aromatic N) is 3. The van der Waals surface area contributed by atoms with Gasteiger partial charge in [-0.2, -0.15) is 13.2 Å². The summed E-state index contributed by atoms with van der Waals surface area (Å²) in [6, 6.07) is 14.2. The van der Waals surface area contributed by atoms with Crippen molar-refractivity contribution in [3.63, 3.8) is 0 Å². The van der Waals surface area contributed by atoms with E-state index in [0.717, 1.165) is 35.5 Å². The fourth-order valence-electron chi connectivity index (χ4n) is 4.86. The molecular weight excluding hydrogens is 587 g/mol. The monoisotopic (exact) mass is 621 g/mol. The molecule has 1 aromatic heterocycles. The number of aryl methyl sites for hydroxylation is 1. The van der Waals surface area contributed by atoms with Crippen LogP contribution in [0.4, 0.5) is 24.7 Å². The molecule has 1 aliphatic heterocycles. The number of likely N-dealkylation sites (N-methyl/N-ethyl adjacent to an activating group) is 1. The van der Waals surface area contributed by atoms with Crippen molar-refractivity contribution in [2.24, 2.45) is 0 Å². The van der Waals surface area contributed by atoms with E-state index in [1.165, 1.54) is 12.1 Å². The second-order valence-corrected chi connectivity index (χ2v) is 10.9. The number of benzene rings is 3. The van der Waals surface area contributed by atoms with Crippen LogP contribution in [-0.2, 0) is 12.7 Å². The number of hydrogen-bond acceptors (Lipinski definition) is 5. The number of fused-ring (bicyclic) bond motifs is 1. The summed E-state index contributed by atoms with van der Waals surface area (Å²) in [4.78, 5) is 21.5. The van der Waals surface area contributed by atoms with Gasteiger partial charge in [-0.1, -0.05) is 55.5 Å². The Kier molecular flexibility index (Phi) is 10.5. The molecular formula is C34H35ClF3N5O. The van der Waals surface area contributed by atoms with Gasteiger partial charge in [-0.25, -0.2) is 4.98 Å². The van der Waals surface area contributed by atoms with Crippen LogP contribution in [0.3, 0.4) is 0 Å². The molecule has 44 heavy (non-hydrogen) atoms. The third-order valence-corrected chi connectivity index (χ3v) is 7.60. The molecule has 1 fully saturated rings.